The van der Waals surface area contributed by atoms with Gasteiger partial charge in [-0.3, -0.25) is 14.8 Å². The smallest absolute Gasteiger partial charge is 0.407 e. The zero-order valence-corrected chi connectivity index (χ0v) is 24.3. The zero-order valence-electron chi connectivity index (χ0n) is 24.3. The summed E-state index contributed by atoms with van der Waals surface area (Å²) in [6.45, 7) is 8.68. The summed E-state index contributed by atoms with van der Waals surface area (Å²) in [5, 5.41) is 14.0. The van der Waals surface area contributed by atoms with Crippen LogP contribution >= 0.6 is 0 Å². The summed E-state index contributed by atoms with van der Waals surface area (Å²) in [7, 11) is 2.13. The molecule has 0 spiro atoms. The molecule has 0 bridgehead atoms. The number of fused-ring (bicyclic) bond motifs is 2. The summed E-state index contributed by atoms with van der Waals surface area (Å²) in [4.78, 5) is 34.2. The van der Waals surface area contributed by atoms with Gasteiger partial charge in [-0.15, -0.1) is 0 Å². The SMILES string of the molecule is CCCCOC(=O)NCCCNC(=O)c1ccc2[nH]nc(-c3nc4ccc(F)cc4n3CCN3CCN(C)CC3)c2c1. The highest BCUT2D eigenvalue weighted by Gasteiger charge is 2.21. The molecule has 11 nitrogen and oxygen atoms in total. The number of rotatable bonds is 12. The maximum absolute atomic E-state index is 14.3. The first-order chi connectivity index (χ1) is 20.4. The van der Waals surface area contributed by atoms with Crippen molar-refractivity contribution >= 4 is 33.9 Å². The summed E-state index contributed by atoms with van der Waals surface area (Å²) in [6.07, 6.45) is 1.92. The van der Waals surface area contributed by atoms with Gasteiger partial charge < -0.3 is 24.8 Å². The average molecular weight is 579 g/mol. The fourth-order valence-electron chi connectivity index (χ4n) is 5.08. The number of carbonyl (C=O) groups is 2. The van der Waals surface area contributed by atoms with Crippen LogP contribution < -0.4 is 10.6 Å². The van der Waals surface area contributed by atoms with Gasteiger partial charge in [0.1, 0.15) is 11.5 Å². The number of nitrogens with one attached hydrogen (secondary N) is 3. The van der Waals surface area contributed by atoms with Gasteiger partial charge in [-0.2, -0.15) is 5.10 Å². The Balaban J connectivity index is 1.29. The van der Waals surface area contributed by atoms with Gasteiger partial charge in [0.25, 0.3) is 5.91 Å². The number of alkyl carbamates (subject to hydrolysis) is 1. The molecule has 1 fully saturated rings. The Hall–Kier alpha value is -4.03. The summed E-state index contributed by atoms with van der Waals surface area (Å²) >= 11 is 0. The average Bonchev–Trinajstić information content (AvgIpc) is 3.57. The van der Waals surface area contributed by atoms with E-state index in [-0.39, 0.29) is 11.7 Å². The number of piperazine rings is 1. The quantitative estimate of drug-likeness (QED) is 0.220. The second-order valence-electron chi connectivity index (χ2n) is 10.7. The number of unbranched alkanes of at least 4 members (excludes halogenated alkanes) is 1. The Labute approximate surface area is 244 Å². The van der Waals surface area contributed by atoms with Crippen molar-refractivity contribution in [1.82, 2.24) is 40.2 Å². The number of hydrogen-bond acceptors (Lipinski definition) is 7. The van der Waals surface area contributed by atoms with Crippen molar-refractivity contribution in [3.63, 3.8) is 0 Å². The van der Waals surface area contributed by atoms with Crippen molar-refractivity contribution in [2.24, 2.45) is 0 Å². The molecule has 4 aromatic rings. The summed E-state index contributed by atoms with van der Waals surface area (Å²) in [5.74, 6) is 0.0925. The van der Waals surface area contributed by atoms with Crippen molar-refractivity contribution in [1.29, 1.82) is 0 Å². The Morgan fingerprint density at radius 1 is 1.02 bits per heavy atom. The molecule has 1 aliphatic rings. The summed E-state index contributed by atoms with van der Waals surface area (Å²) in [5.41, 5.74) is 3.28. The topological polar surface area (TPSA) is 120 Å². The molecule has 0 unspecified atom stereocenters. The van der Waals surface area contributed by atoms with Crippen molar-refractivity contribution in [3.05, 3.63) is 47.8 Å². The number of H-pyrrole nitrogens is 1. The second kappa shape index (κ2) is 13.8. The highest BCUT2D eigenvalue weighted by Crippen LogP contribution is 2.30. The first-order valence-corrected chi connectivity index (χ1v) is 14.7. The second-order valence-corrected chi connectivity index (χ2v) is 10.7. The van der Waals surface area contributed by atoms with Crippen LogP contribution in [0, 0.1) is 5.82 Å². The number of aromatic amines is 1. The van der Waals surface area contributed by atoms with Gasteiger partial charge in [-0.05, 0) is 56.3 Å². The van der Waals surface area contributed by atoms with Gasteiger partial charge in [0.05, 0.1) is 23.2 Å². The predicted octanol–water partition coefficient (Wildman–Crippen LogP) is 3.61. The molecule has 224 valence electrons. The standard InChI is InChI=1S/C30H39FN8O3/c1-3-4-18-42-30(41)33-11-5-10-32-29(40)21-6-8-24-23(19-21)27(36-35-24)28-34-25-9-7-22(31)20-26(25)39(28)17-16-38-14-12-37(2)13-15-38/h6-9,19-20H,3-5,10-18H2,1-2H3,(H,32,40)(H,33,41)(H,35,36). The molecule has 12 heteroatoms. The highest BCUT2D eigenvalue weighted by atomic mass is 19.1. The third-order valence-electron chi connectivity index (χ3n) is 7.62. The van der Waals surface area contributed by atoms with Crippen LogP contribution in [-0.4, -0.2) is 101 Å². The van der Waals surface area contributed by atoms with E-state index >= 15 is 0 Å². The molecule has 0 saturated carbocycles. The van der Waals surface area contributed by atoms with Crippen LogP contribution in [0.2, 0.25) is 0 Å². The Kier molecular flexibility index (Phi) is 9.65. The molecule has 2 aromatic carbocycles. The lowest BCUT2D eigenvalue weighted by molar-refractivity contribution is 0.0953. The molecule has 1 aliphatic heterocycles. The molecular formula is C30H39FN8O3. The fraction of sp³-hybridized carbons (Fsp3) is 0.467. The van der Waals surface area contributed by atoms with Gasteiger partial charge in [0.2, 0.25) is 0 Å². The Morgan fingerprint density at radius 3 is 2.64 bits per heavy atom. The number of amides is 2. The van der Waals surface area contributed by atoms with Gasteiger partial charge in [-0.1, -0.05) is 13.3 Å². The predicted molar refractivity (Wildman–Crippen MR) is 160 cm³/mol. The molecule has 3 heterocycles. The van der Waals surface area contributed by atoms with Crippen molar-refractivity contribution in [3.8, 4) is 11.5 Å². The molecule has 2 amide bonds. The molecule has 42 heavy (non-hydrogen) atoms. The van der Waals surface area contributed by atoms with E-state index in [1.807, 2.05) is 17.6 Å². The number of nitrogens with zero attached hydrogens (tertiary/aromatic N) is 5. The van der Waals surface area contributed by atoms with Gasteiger partial charge >= 0.3 is 6.09 Å². The van der Waals surface area contributed by atoms with E-state index in [9.17, 15) is 14.0 Å². The minimum absolute atomic E-state index is 0.222. The molecule has 2 aromatic heterocycles. The largest absolute Gasteiger partial charge is 0.450 e. The monoisotopic (exact) mass is 578 g/mol. The van der Waals surface area contributed by atoms with E-state index in [0.717, 1.165) is 56.5 Å². The summed E-state index contributed by atoms with van der Waals surface area (Å²) in [6, 6.07) is 10.00. The van der Waals surface area contributed by atoms with E-state index < -0.39 is 6.09 Å². The molecule has 3 N–H and O–H groups in total. The van der Waals surface area contributed by atoms with Crippen LogP contribution in [-0.2, 0) is 11.3 Å². The van der Waals surface area contributed by atoms with Crippen molar-refractivity contribution < 1.29 is 18.7 Å². The number of hydrogen-bond donors (Lipinski definition) is 3. The number of likely N-dealkylation sites (N-methyl/N-ethyl adjacent to an activating group) is 1. The van der Waals surface area contributed by atoms with Crippen molar-refractivity contribution in [2.45, 2.75) is 32.7 Å². The fourth-order valence-corrected chi connectivity index (χ4v) is 5.08. The highest BCUT2D eigenvalue weighted by molar-refractivity contribution is 6.01. The van der Waals surface area contributed by atoms with Crippen molar-refractivity contribution in [2.75, 3.05) is 59.5 Å². The minimum atomic E-state index is -0.440. The first-order valence-electron chi connectivity index (χ1n) is 14.7. The number of halogens is 1. The Morgan fingerprint density at radius 2 is 1.83 bits per heavy atom. The van der Waals surface area contributed by atoms with Crippen LogP contribution in [0.25, 0.3) is 33.5 Å². The van der Waals surface area contributed by atoms with E-state index in [0.29, 0.717) is 60.8 Å². The maximum atomic E-state index is 14.3. The molecule has 1 saturated heterocycles. The van der Waals surface area contributed by atoms with E-state index in [1.165, 1.54) is 12.1 Å². The van der Waals surface area contributed by atoms with Crippen LogP contribution in [0.5, 0.6) is 0 Å². The van der Waals surface area contributed by atoms with Gasteiger partial charge in [0, 0.05) is 63.3 Å². The lowest BCUT2D eigenvalue weighted by atomic mass is 10.1. The number of carbonyl (C=O) groups excluding carboxylic acids is 2. The summed E-state index contributed by atoms with van der Waals surface area (Å²) < 4.78 is 21.4. The van der Waals surface area contributed by atoms with Crippen LogP contribution in [0.1, 0.15) is 36.5 Å². The molecule has 0 aliphatic carbocycles. The maximum Gasteiger partial charge on any atom is 0.407 e. The van der Waals surface area contributed by atoms with Gasteiger partial charge in [0.15, 0.2) is 5.82 Å². The van der Waals surface area contributed by atoms with E-state index in [1.54, 1.807) is 18.2 Å². The first kappa shape index (κ1) is 29.5. The van der Waals surface area contributed by atoms with Crippen LogP contribution in [0.4, 0.5) is 9.18 Å². The lowest BCUT2D eigenvalue weighted by Gasteiger charge is -2.32. The van der Waals surface area contributed by atoms with E-state index in [4.69, 9.17) is 9.72 Å². The normalized spacial score (nSPS) is 14.5. The number of benzene rings is 2. The van der Waals surface area contributed by atoms with Crippen LogP contribution in [0.3, 0.4) is 0 Å². The number of aromatic nitrogens is 4. The minimum Gasteiger partial charge on any atom is -0.450 e. The Bertz CT molecular complexity index is 1530. The lowest BCUT2D eigenvalue weighted by Crippen LogP contribution is -2.45. The third-order valence-corrected chi connectivity index (χ3v) is 7.62. The molecule has 0 radical (unpaired) electrons. The van der Waals surface area contributed by atoms with E-state index in [2.05, 4.69) is 37.7 Å². The number of ether oxygens (including phenoxy) is 1. The molecular weight excluding hydrogens is 539 g/mol. The molecule has 5 rings (SSSR count). The zero-order chi connectivity index (χ0) is 29.5. The number of imidazole rings is 1. The third kappa shape index (κ3) is 7.05. The van der Waals surface area contributed by atoms with Crippen LogP contribution in [0.15, 0.2) is 36.4 Å². The van der Waals surface area contributed by atoms with Gasteiger partial charge in [-0.25, -0.2) is 14.2 Å². The molecule has 0 atom stereocenters.